The van der Waals surface area contributed by atoms with Crippen molar-refractivity contribution in [3.05, 3.63) is 24.3 Å². The van der Waals surface area contributed by atoms with Crippen LogP contribution in [0.4, 0.5) is 0 Å². The van der Waals surface area contributed by atoms with Gasteiger partial charge in [0.1, 0.15) is 0 Å². The van der Waals surface area contributed by atoms with Gasteiger partial charge in [0.05, 0.1) is 0 Å². The third-order valence-electron chi connectivity index (χ3n) is 0.542. The number of aliphatic carboxylic acids is 1. The Bertz CT molecular complexity index is 127. The van der Waals surface area contributed by atoms with Crippen LogP contribution in [0.3, 0.4) is 0 Å². The molecule has 0 aliphatic rings. The molecule has 2 nitrogen and oxygen atoms in total. The van der Waals surface area contributed by atoms with Crippen molar-refractivity contribution >= 4 is 5.97 Å². The summed E-state index contributed by atoms with van der Waals surface area (Å²) in [5, 5.41) is 8.02. The van der Waals surface area contributed by atoms with Crippen molar-refractivity contribution in [2.45, 2.75) is 6.92 Å². The molecule has 0 aromatic carbocycles. The van der Waals surface area contributed by atoms with E-state index in [1.807, 2.05) is 6.92 Å². The van der Waals surface area contributed by atoms with E-state index in [0.29, 0.717) is 0 Å². The molecule has 0 saturated heterocycles. The molecule has 0 saturated carbocycles. The smallest absolute Gasteiger partial charge is 0.328 e. The first-order valence-corrected chi connectivity index (χ1v) is 2.29. The molecule has 0 atom stereocenters. The first-order chi connectivity index (χ1) is 3.77. The van der Waals surface area contributed by atoms with Crippen LogP contribution < -0.4 is 0 Å². The second kappa shape index (κ2) is 8.53. The van der Waals surface area contributed by atoms with E-state index >= 15 is 0 Å². The Hall–Kier alpha value is 0.534. The Labute approximate surface area is 95.2 Å². The van der Waals surface area contributed by atoms with Crippen LogP contribution in [0.25, 0.3) is 0 Å². The van der Waals surface area contributed by atoms with Crippen molar-refractivity contribution in [1.29, 1.82) is 0 Å². The van der Waals surface area contributed by atoms with Crippen molar-refractivity contribution in [3.8, 4) is 0 Å². The van der Waals surface area contributed by atoms with Gasteiger partial charge < -0.3 is 5.11 Å². The predicted molar refractivity (Wildman–Crippen MR) is 31.6 cm³/mol. The molecule has 0 unspecified atom stereocenters. The number of hydrogen-bond acceptors (Lipinski definition) is 1. The van der Waals surface area contributed by atoms with Crippen molar-refractivity contribution in [2.75, 3.05) is 0 Å². The molecule has 1 radical (unpaired) electrons. The monoisotopic (exact) mass is 265 g/mol. The molecular formula is C6H8EuO2. The van der Waals surface area contributed by atoms with Crippen LogP contribution >= 0.6 is 0 Å². The van der Waals surface area contributed by atoms with Gasteiger partial charge in [-0.25, -0.2) is 4.79 Å². The first kappa shape index (κ1) is 12.2. The fraction of sp³-hybridized carbons (Fsp3) is 0.167. The summed E-state index contributed by atoms with van der Waals surface area (Å²) in [4.78, 5) is 9.75. The minimum Gasteiger partial charge on any atom is -0.478 e. The second-order valence-electron chi connectivity index (χ2n) is 1.22. The molecule has 0 amide bonds. The Morgan fingerprint density at radius 1 is 1.44 bits per heavy atom. The molecule has 9 heavy (non-hydrogen) atoms. The number of carboxylic acid groups (broad SMARTS) is 1. The molecule has 0 aliphatic heterocycles. The third-order valence-corrected chi connectivity index (χ3v) is 0.542. The van der Waals surface area contributed by atoms with Gasteiger partial charge in [0, 0.05) is 55.5 Å². The van der Waals surface area contributed by atoms with Gasteiger partial charge in [0.25, 0.3) is 0 Å². The normalized spacial score (nSPS) is 9.89. The SMILES string of the molecule is CC=CC=CC(=O)O.[Eu]. The van der Waals surface area contributed by atoms with E-state index in [9.17, 15) is 4.79 Å². The summed E-state index contributed by atoms with van der Waals surface area (Å²) in [5.74, 6) is -0.914. The van der Waals surface area contributed by atoms with Crippen LogP contribution in [-0.2, 0) is 4.79 Å². The third kappa shape index (κ3) is 11.9. The molecule has 0 heterocycles. The van der Waals surface area contributed by atoms with Crippen LogP contribution in [0.1, 0.15) is 6.92 Å². The van der Waals surface area contributed by atoms with E-state index in [0.717, 1.165) is 6.08 Å². The molecule has 0 aliphatic carbocycles. The summed E-state index contributed by atoms with van der Waals surface area (Å²) in [5.41, 5.74) is 0. The molecule has 0 bridgehead atoms. The molecule has 0 aromatic heterocycles. The van der Waals surface area contributed by atoms with Crippen LogP contribution in [0.15, 0.2) is 24.3 Å². The molecule has 0 aromatic rings. The predicted octanol–water partition coefficient (Wildman–Crippen LogP) is 1.20. The zero-order valence-corrected chi connectivity index (χ0v) is 7.47. The molecule has 1 N–H and O–H groups in total. The van der Waals surface area contributed by atoms with Crippen LogP contribution in [0.5, 0.6) is 0 Å². The van der Waals surface area contributed by atoms with Crippen molar-refractivity contribution in [1.82, 2.24) is 0 Å². The van der Waals surface area contributed by atoms with E-state index < -0.39 is 5.97 Å². The van der Waals surface area contributed by atoms with Gasteiger partial charge in [-0.3, -0.25) is 0 Å². The van der Waals surface area contributed by atoms with Gasteiger partial charge in [0.15, 0.2) is 0 Å². The van der Waals surface area contributed by atoms with Crippen molar-refractivity contribution in [2.24, 2.45) is 0 Å². The summed E-state index contributed by atoms with van der Waals surface area (Å²) in [7, 11) is 0. The van der Waals surface area contributed by atoms with Crippen LogP contribution in [-0.4, -0.2) is 11.1 Å². The summed E-state index contributed by atoms with van der Waals surface area (Å²) < 4.78 is 0. The zero-order valence-electron chi connectivity index (χ0n) is 5.04. The Balaban J connectivity index is 0. The summed E-state index contributed by atoms with van der Waals surface area (Å²) in [6, 6.07) is 0. The fourth-order valence-electron chi connectivity index (χ4n) is 0.249. The number of carbonyl (C=O) groups is 1. The molecule has 0 fully saturated rings. The van der Waals surface area contributed by atoms with Crippen LogP contribution in [0.2, 0.25) is 0 Å². The van der Waals surface area contributed by atoms with Gasteiger partial charge in [0.2, 0.25) is 0 Å². The van der Waals surface area contributed by atoms with E-state index in [4.69, 9.17) is 5.11 Å². The van der Waals surface area contributed by atoms with Gasteiger partial charge in [-0.2, -0.15) is 0 Å². The van der Waals surface area contributed by atoms with Gasteiger partial charge in [-0.15, -0.1) is 0 Å². The number of allylic oxidation sites excluding steroid dienone is 3. The summed E-state index contributed by atoms with van der Waals surface area (Å²) in [6.07, 6.45) is 5.98. The standard InChI is InChI=1S/C6H8O2.Eu/c1-2-3-4-5-6(7)8;/h2-5H,1H3,(H,7,8);. The number of carboxylic acids is 1. The average Bonchev–Trinajstić information content (AvgIpc) is 1.66. The average molecular weight is 264 g/mol. The Morgan fingerprint density at radius 2 is 2.00 bits per heavy atom. The summed E-state index contributed by atoms with van der Waals surface area (Å²) in [6.45, 7) is 1.83. The van der Waals surface area contributed by atoms with E-state index in [1.54, 1.807) is 12.2 Å². The maximum absolute atomic E-state index is 9.75. The minimum absolute atomic E-state index is 0. The number of rotatable bonds is 2. The second-order valence-corrected chi connectivity index (χ2v) is 1.22. The maximum atomic E-state index is 9.75. The molecule has 51 valence electrons. The largest absolute Gasteiger partial charge is 0.478 e. The molecule has 0 rings (SSSR count). The summed E-state index contributed by atoms with van der Waals surface area (Å²) >= 11 is 0. The first-order valence-electron chi connectivity index (χ1n) is 2.29. The van der Waals surface area contributed by atoms with Crippen LogP contribution in [0, 0.1) is 49.4 Å². The molecule has 3 heteroatoms. The maximum Gasteiger partial charge on any atom is 0.328 e. The Morgan fingerprint density at radius 3 is 2.33 bits per heavy atom. The van der Waals surface area contributed by atoms with Gasteiger partial charge >= 0.3 is 5.97 Å². The van der Waals surface area contributed by atoms with E-state index in [1.165, 1.54) is 6.08 Å². The van der Waals surface area contributed by atoms with E-state index in [2.05, 4.69) is 0 Å². The number of hydrogen-bond donors (Lipinski definition) is 1. The fourth-order valence-corrected chi connectivity index (χ4v) is 0.249. The molecular weight excluding hydrogens is 256 g/mol. The Kier molecular flexibility index (Phi) is 11.6. The van der Waals surface area contributed by atoms with E-state index in [-0.39, 0.29) is 49.4 Å². The topological polar surface area (TPSA) is 37.3 Å². The van der Waals surface area contributed by atoms with Crippen molar-refractivity contribution < 1.29 is 59.3 Å². The molecule has 0 spiro atoms. The quantitative estimate of drug-likeness (QED) is 0.601. The van der Waals surface area contributed by atoms with Gasteiger partial charge in [-0.1, -0.05) is 18.2 Å². The van der Waals surface area contributed by atoms with Gasteiger partial charge in [-0.05, 0) is 6.92 Å². The van der Waals surface area contributed by atoms with Crippen molar-refractivity contribution in [3.63, 3.8) is 0 Å². The zero-order chi connectivity index (χ0) is 6.41. The minimum atomic E-state index is -0.914.